The van der Waals surface area contributed by atoms with Crippen molar-refractivity contribution >= 4 is 11.4 Å². The Morgan fingerprint density at radius 3 is 2.57 bits per heavy atom. The first-order valence-electron chi connectivity index (χ1n) is 11.5. The Morgan fingerprint density at radius 2 is 1.97 bits per heavy atom. The molecule has 1 aromatic heterocycles. The molecule has 0 aliphatic carbocycles. The number of ether oxygens (including phenoxy) is 1. The molecule has 3 atom stereocenters. The van der Waals surface area contributed by atoms with Crippen LogP contribution in [0.1, 0.15) is 56.9 Å². The second kappa shape index (κ2) is 9.42. The molecule has 0 radical (unpaired) electrons. The van der Waals surface area contributed by atoms with Gasteiger partial charge >= 0.3 is 6.18 Å². The number of hydrogen-bond donors (Lipinski definition) is 3. The van der Waals surface area contributed by atoms with Crippen LogP contribution in [-0.2, 0) is 11.8 Å². The quantitative estimate of drug-likeness (QED) is 0.483. The Kier molecular flexibility index (Phi) is 6.85. The van der Waals surface area contributed by atoms with Crippen LogP contribution < -0.4 is 20.3 Å². The predicted octanol–water partition coefficient (Wildman–Crippen LogP) is 5.04. The molecule has 2 aliphatic heterocycles. The molecule has 6 nitrogen and oxygen atoms in total. The summed E-state index contributed by atoms with van der Waals surface area (Å²) in [7, 11) is 0. The molecular formula is C24H29F5N4O2. The van der Waals surface area contributed by atoms with Gasteiger partial charge in [0.15, 0.2) is 0 Å². The molecule has 1 fully saturated rings. The summed E-state index contributed by atoms with van der Waals surface area (Å²) in [4.78, 5) is 5.40. The number of aliphatic hydroxyl groups is 1. The summed E-state index contributed by atoms with van der Waals surface area (Å²) in [6.07, 6.45) is -5.51. The molecule has 2 aromatic rings. The maximum absolute atomic E-state index is 13.9. The molecule has 0 bridgehead atoms. The number of piperidine rings is 1. The van der Waals surface area contributed by atoms with Gasteiger partial charge in [-0.15, -0.1) is 0 Å². The first-order valence-corrected chi connectivity index (χ1v) is 11.5. The van der Waals surface area contributed by atoms with Crippen molar-refractivity contribution in [1.82, 2.24) is 10.3 Å². The number of fused-ring (bicyclic) bond motifs is 1. The summed E-state index contributed by atoms with van der Waals surface area (Å²) in [5.74, 6) is 0.0701. The van der Waals surface area contributed by atoms with Crippen LogP contribution in [0.2, 0.25) is 0 Å². The van der Waals surface area contributed by atoms with Crippen molar-refractivity contribution in [3.63, 3.8) is 0 Å². The molecule has 11 heteroatoms. The summed E-state index contributed by atoms with van der Waals surface area (Å²) in [5.41, 5.74) is -1.60. The lowest BCUT2D eigenvalue weighted by Gasteiger charge is -2.41. The minimum Gasteiger partial charge on any atom is -0.492 e. The second-order valence-corrected chi connectivity index (χ2v) is 9.55. The standard InChI is InChI=1S/C24H29F5N4O2/c1-13(2)33-12-31-20-7-17(6-18(21(20)33)24(27,28)29)35-11-16-9-23(34,8-14(3)32-16)15-4-5-19(22(25)26)30-10-15/h4-7,10,13-14,16,22,31-32,34H,8-9,11-12H2,1-3H3/t14-,16-,23-/m0/s1. The number of nitrogens with zero attached hydrogens (tertiary/aromatic N) is 2. The van der Waals surface area contributed by atoms with E-state index in [9.17, 15) is 27.1 Å². The maximum Gasteiger partial charge on any atom is 0.418 e. The third-order valence-corrected chi connectivity index (χ3v) is 6.49. The zero-order chi connectivity index (χ0) is 25.5. The molecule has 3 heterocycles. The van der Waals surface area contributed by atoms with Crippen molar-refractivity contribution in [2.24, 2.45) is 0 Å². The van der Waals surface area contributed by atoms with Gasteiger partial charge in [0.25, 0.3) is 6.43 Å². The first kappa shape index (κ1) is 25.4. The van der Waals surface area contributed by atoms with Gasteiger partial charge in [0.2, 0.25) is 0 Å². The van der Waals surface area contributed by atoms with Gasteiger partial charge in [-0.25, -0.2) is 8.78 Å². The van der Waals surface area contributed by atoms with Crippen LogP contribution in [0.4, 0.5) is 33.3 Å². The van der Waals surface area contributed by atoms with E-state index in [1.54, 1.807) is 11.0 Å². The SMILES string of the molecule is CC(C)N1CNc2cc(OC[C@@H]3C[C@](O)(c4ccc(C(F)F)nc4)C[C@H](C)N3)cc(C(F)(F)F)c21. The average Bonchev–Trinajstić information content (AvgIpc) is 3.20. The molecule has 0 unspecified atom stereocenters. The predicted molar refractivity (Wildman–Crippen MR) is 122 cm³/mol. The molecule has 1 saturated heterocycles. The van der Waals surface area contributed by atoms with Gasteiger partial charge in [0, 0.05) is 36.0 Å². The van der Waals surface area contributed by atoms with Crippen molar-refractivity contribution in [1.29, 1.82) is 0 Å². The number of pyridine rings is 1. The van der Waals surface area contributed by atoms with Crippen LogP contribution in [0.15, 0.2) is 30.5 Å². The van der Waals surface area contributed by atoms with Crippen molar-refractivity contribution in [2.45, 2.75) is 69.9 Å². The van der Waals surface area contributed by atoms with E-state index in [-0.39, 0.29) is 55.0 Å². The summed E-state index contributed by atoms with van der Waals surface area (Å²) in [5, 5.41) is 17.6. The number of hydrogen-bond acceptors (Lipinski definition) is 6. The molecule has 35 heavy (non-hydrogen) atoms. The highest BCUT2D eigenvalue weighted by Gasteiger charge is 2.41. The van der Waals surface area contributed by atoms with E-state index in [1.165, 1.54) is 18.3 Å². The minimum atomic E-state index is -4.56. The fourth-order valence-corrected chi connectivity index (χ4v) is 4.91. The smallest absolute Gasteiger partial charge is 0.418 e. The Labute approximate surface area is 200 Å². The lowest BCUT2D eigenvalue weighted by molar-refractivity contribution is -0.137. The van der Waals surface area contributed by atoms with E-state index >= 15 is 0 Å². The number of anilines is 2. The monoisotopic (exact) mass is 500 g/mol. The Hall–Kier alpha value is -2.66. The van der Waals surface area contributed by atoms with Gasteiger partial charge in [-0.1, -0.05) is 6.07 Å². The summed E-state index contributed by atoms with van der Waals surface area (Å²) >= 11 is 0. The van der Waals surface area contributed by atoms with E-state index in [2.05, 4.69) is 15.6 Å². The van der Waals surface area contributed by atoms with E-state index in [0.29, 0.717) is 17.7 Å². The Morgan fingerprint density at radius 1 is 1.23 bits per heavy atom. The minimum absolute atomic E-state index is 0.0131. The van der Waals surface area contributed by atoms with Crippen LogP contribution in [0.5, 0.6) is 5.75 Å². The van der Waals surface area contributed by atoms with E-state index < -0.39 is 23.8 Å². The van der Waals surface area contributed by atoms with Gasteiger partial charge < -0.3 is 25.4 Å². The number of halogens is 5. The van der Waals surface area contributed by atoms with Gasteiger partial charge in [-0.3, -0.25) is 4.98 Å². The van der Waals surface area contributed by atoms with Crippen LogP contribution in [0.25, 0.3) is 0 Å². The molecule has 3 N–H and O–H groups in total. The first-order chi connectivity index (χ1) is 16.4. The molecule has 1 aromatic carbocycles. The van der Waals surface area contributed by atoms with Crippen molar-refractivity contribution in [2.75, 3.05) is 23.5 Å². The lowest BCUT2D eigenvalue weighted by Crippen LogP contribution is -2.53. The van der Waals surface area contributed by atoms with Gasteiger partial charge in [0.1, 0.15) is 18.1 Å². The van der Waals surface area contributed by atoms with Crippen molar-refractivity contribution in [3.8, 4) is 5.75 Å². The summed E-state index contributed by atoms with van der Waals surface area (Å²) in [6, 6.07) is 4.53. The number of alkyl halides is 5. The van der Waals surface area contributed by atoms with Gasteiger partial charge in [-0.05, 0) is 45.7 Å². The number of nitrogens with one attached hydrogen (secondary N) is 2. The topological polar surface area (TPSA) is 69.7 Å². The zero-order valence-corrected chi connectivity index (χ0v) is 19.7. The average molecular weight is 501 g/mol. The highest BCUT2D eigenvalue weighted by atomic mass is 19.4. The van der Waals surface area contributed by atoms with Crippen LogP contribution in [-0.4, -0.2) is 41.5 Å². The number of aromatic nitrogens is 1. The van der Waals surface area contributed by atoms with Crippen LogP contribution in [0, 0.1) is 0 Å². The van der Waals surface area contributed by atoms with E-state index in [1.807, 2.05) is 20.8 Å². The number of benzene rings is 1. The van der Waals surface area contributed by atoms with Crippen molar-refractivity contribution < 1.29 is 31.8 Å². The lowest BCUT2D eigenvalue weighted by atomic mass is 9.79. The van der Waals surface area contributed by atoms with E-state index in [0.717, 1.165) is 6.07 Å². The Balaban J connectivity index is 1.52. The fourth-order valence-electron chi connectivity index (χ4n) is 4.91. The normalized spacial score (nSPS) is 24.6. The Bertz CT molecular complexity index is 1050. The molecule has 0 spiro atoms. The molecule has 4 rings (SSSR count). The highest BCUT2D eigenvalue weighted by molar-refractivity contribution is 5.80. The molecule has 2 aliphatic rings. The molecule has 192 valence electrons. The highest BCUT2D eigenvalue weighted by Crippen LogP contribution is 2.46. The third kappa shape index (κ3) is 5.30. The fraction of sp³-hybridized carbons (Fsp3) is 0.542. The van der Waals surface area contributed by atoms with Crippen LogP contribution in [0.3, 0.4) is 0 Å². The van der Waals surface area contributed by atoms with Gasteiger partial charge in [-0.2, -0.15) is 13.2 Å². The third-order valence-electron chi connectivity index (χ3n) is 6.49. The molecule has 0 amide bonds. The zero-order valence-electron chi connectivity index (χ0n) is 19.7. The molecular weight excluding hydrogens is 471 g/mol. The van der Waals surface area contributed by atoms with Crippen molar-refractivity contribution in [3.05, 3.63) is 47.3 Å². The second-order valence-electron chi connectivity index (χ2n) is 9.55. The summed E-state index contributed by atoms with van der Waals surface area (Å²) in [6.45, 7) is 5.80. The largest absolute Gasteiger partial charge is 0.492 e. The van der Waals surface area contributed by atoms with E-state index in [4.69, 9.17) is 4.74 Å². The maximum atomic E-state index is 13.9. The number of rotatable bonds is 6. The van der Waals surface area contributed by atoms with Crippen LogP contribution >= 0.6 is 0 Å². The summed E-state index contributed by atoms with van der Waals surface area (Å²) < 4.78 is 73.1. The van der Waals surface area contributed by atoms with Gasteiger partial charge in [0.05, 0.1) is 29.2 Å². The molecule has 0 saturated carbocycles.